The SMILES string of the molecule is [O-][p+]1n[pH][nH]1. The molecule has 2 unspecified atom stereocenters. The molecule has 0 aliphatic rings. The smallest absolute Gasteiger partial charge is 0.155 e. The number of aromatic amines is 1. The highest BCUT2D eigenvalue weighted by Gasteiger charge is 1.76. The van der Waals surface area contributed by atoms with Crippen molar-refractivity contribution in [1.29, 1.82) is 0 Å². The Hall–Kier alpha value is 0.160. The van der Waals surface area contributed by atoms with E-state index in [4.69, 9.17) is 0 Å². The largest absolute Gasteiger partial charge is 0.719 e. The molecule has 1 aromatic rings. The first-order chi connectivity index (χ1) is 2.39. The maximum Gasteiger partial charge on any atom is 0.155 e. The Bertz CT molecular complexity index is 89.8. The molecule has 0 aromatic carbocycles. The van der Waals surface area contributed by atoms with E-state index in [9.17, 15) is 4.89 Å². The van der Waals surface area contributed by atoms with Crippen LogP contribution in [0.1, 0.15) is 0 Å². The molecule has 1 aromatic heterocycles. The number of hydrogen-bond acceptors (Lipinski definition) is 2. The summed E-state index contributed by atoms with van der Waals surface area (Å²) in [6.45, 7) is 0. The van der Waals surface area contributed by atoms with E-state index in [1.54, 1.807) is 0 Å². The van der Waals surface area contributed by atoms with Gasteiger partial charge in [-0.3, -0.25) is 0 Å². The Morgan fingerprint density at radius 3 is 2.40 bits per heavy atom. The monoisotopic (exact) mass is 108 g/mol. The van der Waals surface area contributed by atoms with Crippen molar-refractivity contribution in [3.05, 3.63) is 0 Å². The van der Waals surface area contributed by atoms with Crippen LogP contribution in [-0.4, -0.2) is 9.02 Å². The van der Waals surface area contributed by atoms with E-state index >= 15 is 0 Å². The number of H-pyrrole nitrogens is 1. The standard InChI is InChI=1S/H2N2OP2/c3-5-1-4-2-5/h4H,(H,1,2). The molecule has 28 valence electrons. The van der Waals surface area contributed by atoms with Crippen molar-refractivity contribution in [3.63, 3.8) is 0 Å². The van der Waals surface area contributed by atoms with Crippen LogP contribution in [0.5, 0.6) is 0 Å². The number of hydrogen-bond donors (Lipinski definition) is 1. The number of rotatable bonds is 0. The summed E-state index contributed by atoms with van der Waals surface area (Å²) in [5.74, 6) is 0. The van der Waals surface area contributed by atoms with E-state index in [1.165, 1.54) is 0 Å². The van der Waals surface area contributed by atoms with Crippen molar-refractivity contribution < 1.29 is 4.89 Å². The Morgan fingerprint density at radius 1 is 2.00 bits per heavy atom. The van der Waals surface area contributed by atoms with Crippen LogP contribution in [0.15, 0.2) is 0 Å². The molecule has 1 rings (SSSR count). The van der Waals surface area contributed by atoms with Crippen LogP contribution in [-0.2, 0) is 0 Å². The van der Waals surface area contributed by atoms with Gasteiger partial charge in [-0.1, -0.05) is 4.51 Å². The van der Waals surface area contributed by atoms with Crippen LogP contribution in [0.3, 0.4) is 0 Å². The van der Waals surface area contributed by atoms with Crippen LogP contribution in [0.4, 0.5) is 0 Å². The van der Waals surface area contributed by atoms with Gasteiger partial charge in [0.05, 0.1) is 0 Å². The van der Waals surface area contributed by atoms with E-state index in [-0.39, 0.29) is 0 Å². The lowest BCUT2D eigenvalue weighted by atomic mass is 13.9. The summed E-state index contributed by atoms with van der Waals surface area (Å²) < 4.78 is 6.07. The fourth-order valence-corrected chi connectivity index (χ4v) is 0.817. The zero-order chi connectivity index (χ0) is 3.70. The van der Waals surface area contributed by atoms with E-state index in [0.717, 1.165) is 0 Å². The molecule has 0 aliphatic carbocycles. The minimum atomic E-state index is -1.28. The van der Waals surface area contributed by atoms with Crippen molar-refractivity contribution in [3.8, 4) is 0 Å². The van der Waals surface area contributed by atoms with Crippen molar-refractivity contribution in [2.24, 2.45) is 0 Å². The van der Waals surface area contributed by atoms with Gasteiger partial charge >= 0.3 is 0 Å². The molecule has 5 heteroatoms. The van der Waals surface area contributed by atoms with E-state index in [2.05, 4.69) is 9.02 Å². The molecule has 0 aliphatic heterocycles. The summed E-state index contributed by atoms with van der Waals surface area (Å²) >= 11 is 0. The second-order valence-corrected chi connectivity index (χ2v) is 3.06. The van der Waals surface area contributed by atoms with Crippen molar-refractivity contribution in [1.82, 2.24) is 9.02 Å². The van der Waals surface area contributed by atoms with Crippen LogP contribution in [0.25, 0.3) is 0 Å². The predicted octanol–water partition coefficient (Wildman–Crippen LogP) is -0.168. The van der Waals surface area contributed by atoms with E-state index < -0.39 is 8.08 Å². The lowest BCUT2D eigenvalue weighted by Crippen LogP contribution is -1.87. The number of nitrogens with zero attached hydrogens (tertiary/aromatic N) is 1. The Balaban J connectivity index is 2.83. The Labute approximate surface area is 31.5 Å². The third-order valence-electron chi connectivity index (χ3n) is 0.286. The van der Waals surface area contributed by atoms with Gasteiger partial charge in [0, 0.05) is 0 Å². The maximum absolute atomic E-state index is 9.78. The van der Waals surface area contributed by atoms with Gasteiger partial charge in [-0.25, -0.2) is 4.51 Å². The van der Waals surface area contributed by atoms with Gasteiger partial charge < -0.3 is 4.89 Å². The van der Waals surface area contributed by atoms with Crippen LogP contribution in [0, 0.1) is 0 Å². The fourth-order valence-electron chi connectivity index (χ4n) is 0.0908. The third-order valence-corrected chi connectivity index (χ3v) is 2.58. The minimum Gasteiger partial charge on any atom is -0.719 e. The minimum absolute atomic E-state index is 0.393. The molecule has 0 bridgehead atoms. The topological polar surface area (TPSA) is 51.7 Å². The van der Waals surface area contributed by atoms with Gasteiger partial charge in [0.15, 0.2) is 8.51 Å². The summed E-state index contributed by atoms with van der Waals surface area (Å²) in [5, 5.41) is 0. The van der Waals surface area contributed by atoms with Gasteiger partial charge in [0.1, 0.15) is 8.08 Å². The first-order valence-corrected chi connectivity index (χ1v) is 3.24. The quantitative estimate of drug-likeness (QED) is 0.501. The maximum atomic E-state index is 9.78. The molecule has 0 spiro atoms. The lowest BCUT2D eigenvalue weighted by molar-refractivity contribution is -0.155. The zero-order valence-corrected chi connectivity index (χ0v) is 4.20. The third kappa shape index (κ3) is 0.511. The molecule has 0 fully saturated rings. The molecular formula is H2N2OP2. The summed E-state index contributed by atoms with van der Waals surface area (Å²) in [5.41, 5.74) is 0. The highest BCUT2D eigenvalue weighted by atomic mass is 31.2. The highest BCUT2D eigenvalue weighted by Crippen LogP contribution is 2.12. The first-order valence-electron chi connectivity index (χ1n) is 1.08. The average Bonchev–Trinajstić information content (AvgIpc) is 1.30. The molecule has 0 radical (unpaired) electrons. The normalized spacial score (nSPS) is 14.2. The molecule has 0 saturated heterocycles. The molecule has 1 heterocycles. The highest BCUT2D eigenvalue weighted by molar-refractivity contribution is 7.50. The van der Waals surface area contributed by atoms with Gasteiger partial charge in [0.25, 0.3) is 0 Å². The molecule has 0 amide bonds. The van der Waals surface area contributed by atoms with Crippen molar-refractivity contribution in [2.75, 3.05) is 0 Å². The van der Waals surface area contributed by atoms with Crippen LogP contribution < -0.4 is 4.89 Å². The van der Waals surface area contributed by atoms with Gasteiger partial charge in [-0.2, -0.15) is 0 Å². The molecular weight excluding hydrogens is 106 g/mol. The summed E-state index contributed by atoms with van der Waals surface area (Å²) in [6, 6.07) is 0. The molecule has 3 nitrogen and oxygen atoms in total. The van der Waals surface area contributed by atoms with Gasteiger partial charge in [0.2, 0.25) is 0 Å². The summed E-state index contributed by atoms with van der Waals surface area (Å²) in [6.07, 6.45) is 0. The second kappa shape index (κ2) is 1.09. The first kappa shape index (κ1) is 3.35. The number of aromatic nitrogens is 2. The molecule has 0 saturated carbocycles. The number of nitrogens with one attached hydrogen (secondary N) is 1. The van der Waals surface area contributed by atoms with E-state index in [1.807, 2.05) is 0 Å². The van der Waals surface area contributed by atoms with Gasteiger partial charge in [-0.05, 0) is 0 Å². The lowest BCUT2D eigenvalue weighted by Gasteiger charge is -1.92. The van der Waals surface area contributed by atoms with Crippen LogP contribution >= 0.6 is 16.6 Å². The molecule has 5 heavy (non-hydrogen) atoms. The van der Waals surface area contributed by atoms with E-state index in [0.29, 0.717) is 8.51 Å². The molecule has 2 atom stereocenters. The summed E-state index contributed by atoms with van der Waals surface area (Å²) in [7, 11) is -0.888. The summed E-state index contributed by atoms with van der Waals surface area (Å²) in [4.78, 5) is 9.78. The fraction of sp³-hybridized carbons (Fsp3) is 0. The Morgan fingerprint density at radius 2 is 2.40 bits per heavy atom. The van der Waals surface area contributed by atoms with Crippen molar-refractivity contribution >= 4 is 16.6 Å². The van der Waals surface area contributed by atoms with Crippen molar-refractivity contribution in [2.45, 2.75) is 0 Å². The zero-order valence-electron chi connectivity index (χ0n) is 2.30. The Kier molecular flexibility index (Phi) is 0.734. The average molecular weight is 108 g/mol. The molecule has 1 N–H and O–H groups in total. The predicted molar refractivity (Wildman–Crippen MR) is 20.6 cm³/mol. The van der Waals surface area contributed by atoms with Gasteiger partial charge in [-0.15, -0.1) is 0 Å². The van der Waals surface area contributed by atoms with Crippen LogP contribution in [0.2, 0.25) is 0 Å². The second-order valence-electron chi connectivity index (χ2n) is 0.597.